The molecule has 7 nitrogen and oxygen atoms in total. The third-order valence-electron chi connectivity index (χ3n) is 5.03. The summed E-state index contributed by atoms with van der Waals surface area (Å²) in [5, 5.41) is 10.9. The second kappa shape index (κ2) is 10.4. The molecule has 0 aliphatic heterocycles. The van der Waals surface area contributed by atoms with Crippen LogP contribution in [0.2, 0.25) is 0 Å². The Labute approximate surface area is 191 Å². The predicted molar refractivity (Wildman–Crippen MR) is 130 cm³/mol. The molecular weight excluding hydrogens is 426 g/mol. The van der Waals surface area contributed by atoms with Crippen LogP contribution in [0.4, 0.5) is 5.69 Å². The van der Waals surface area contributed by atoms with Crippen molar-refractivity contribution < 1.29 is 9.84 Å². The number of aromatic hydroxyl groups is 1. The van der Waals surface area contributed by atoms with Crippen LogP contribution in [0.3, 0.4) is 0 Å². The Morgan fingerprint density at radius 1 is 1.03 bits per heavy atom. The monoisotopic (exact) mass is 453 g/mol. The van der Waals surface area contributed by atoms with Gasteiger partial charge in [0.2, 0.25) is 5.88 Å². The maximum absolute atomic E-state index is 12.8. The van der Waals surface area contributed by atoms with E-state index in [0.717, 1.165) is 26.9 Å². The van der Waals surface area contributed by atoms with Gasteiger partial charge >= 0.3 is 5.69 Å². The molecule has 0 bridgehead atoms. The first-order chi connectivity index (χ1) is 15.3. The molecule has 3 aromatic rings. The summed E-state index contributed by atoms with van der Waals surface area (Å²) in [5.41, 5.74) is 1.77. The highest BCUT2D eigenvalue weighted by atomic mass is 32.2. The van der Waals surface area contributed by atoms with E-state index in [1.807, 2.05) is 55.5 Å². The smallest absolute Gasteiger partial charge is 0.333 e. The first-order valence-corrected chi connectivity index (χ1v) is 11.3. The minimum Gasteiger partial charge on any atom is -0.494 e. The van der Waals surface area contributed by atoms with Crippen molar-refractivity contribution in [1.29, 1.82) is 0 Å². The summed E-state index contributed by atoms with van der Waals surface area (Å²) in [7, 11) is 2.80. The van der Waals surface area contributed by atoms with Gasteiger partial charge in [0, 0.05) is 19.8 Å². The number of nitrogens with zero attached hydrogens (tertiary/aromatic N) is 3. The van der Waals surface area contributed by atoms with Crippen LogP contribution >= 0.6 is 11.8 Å². The fourth-order valence-corrected chi connectivity index (χ4v) is 3.89. The highest BCUT2D eigenvalue weighted by molar-refractivity contribution is 8.14. The first kappa shape index (κ1) is 23.4. The zero-order valence-electron chi connectivity index (χ0n) is 18.7. The number of thioether (sulfide) groups is 1. The fraction of sp³-hybridized carbons (Fsp3) is 0.292. The second-order valence-corrected chi connectivity index (χ2v) is 8.43. The van der Waals surface area contributed by atoms with Gasteiger partial charge in [-0.3, -0.25) is 13.9 Å². The summed E-state index contributed by atoms with van der Waals surface area (Å²) >= 11 is 1.29. The number of aryl methyl sites for hydroxylation is 2. The predicted octanol–water partition coefficient (Wildman–Crippen LogP) is 3.55. The number of ether oxygens (including phenoxy) is 1. The number of aromatic nitrogens is 2. The van der Waals surface area contributed by atoms with Crippen molar-refractivity contribution >= 4 is 22.5 Å². The third-order valence-corrected chi connectivity index (χ3v) is 5.97. The average molecular weight is 454 g/mol. The lowest BCUT2D eigenvalue weighted by molar-refractivity contribution is 0.344. The van der Waals surface area contributed by atoms with Gasteiger partial charge in [-0.1, -0.05) is 36.8 Å². The number of hydrogen-bond acceptors (Lipinski definition) is 6. The topological polar surface area (TPSA) is 85.8 Å². The van der Waals surface area contributed by atoms with Gasteiger partial charge in [-0.2, -0.15) is 0 Å². The zero-order valence-corrected chi connectivity index (χ0v) is 19.5. The molecule has 168 valence electrons. The molecule has 8 heteroatoms. The normalized spacial score (nSPS) is 11.6. The van der Waals surface area contributed by atoms with Crippen LogP contribution in [-0.4, -0.2) is 31.6 Å². The molecule has 1 aromatic heterocycles. The number of aliphatic imine (C=N–C) groups is 1. The molecule has 0 atom stereocenters. The van der Waals surface area contributed by atoms with E-state index in [4.69, 9.17) is 4.74 Å². The van der Waals surface area contributed by atoms with Crippen molar-refractivity contribution in [3.8, 4) is 11.6 Å². The minimum absolute atomic E-state index is 0.00509. The Morgan fingerprint density at radius 3 is 2.31 bits per heavy atom. The Hall–Kier alpha value is -3.26. The molecule has 0 saturated heterocycles. The van der Waals surface area contributed by atoms with E-state index < -0.39 is 17.1 Å². The van der Waals surface area contributed by atoms with E-state index in [2.05, 4.69) is 11.9 Å². The summed E-state index contributed by atoms with van der Waals surface area (Å²) in [5.74, 6) is 0.838. The number of rotatable bonds is 7. The van der Waals surface area contributed by atoms with Gasteiger partial charge in [0.05, 0.1) is 12.3 Å². The lowest BCUT2D eigenvalue weighted by Crippen LogP contribution is -2.39. The maximum atomic E-state index is 12.8. The van der Waals surface area contributed by atoms with Gasteiger partial charge in [-0.25, -0.2) is 9.79 Å². The molecule has 0 unspecified atom stereocenters. The van der Waals surface area contributed by atoms with Gasteiger partial charge in [0.25, 0.3) is 5.56 Å². The Kier molecular flexibility index (Phi) is 7.58. The average Bonchev–Trinajstić information content (AvgIpc) is 2.80. The lowest BCUT2D eigenvalue weighted by Gasteiger charge is -2.13. The van der Waals surface area contributed by atoms with Crippen molar-refractivity contribution in [2.75, 3.05) is 12.4 Å². The lowest BCUT2D eigenvalue weighted by atomic mass is 10.1. The molecule has 0 aliphatic rings. The summed E-state index contributed by atoms with van der Waals surface area (Å²) in [4.78, 5) is 29.6. The van der Waals surface area contributed by atoms with Crippen LogP contribution in [0.15, 0.2) is 63.1 Å². The molecule has 0 saturated carbocycles. The molecule has 0 aliphatic carbocycles. The molecule has 3 rings (SSSR count). The largest absolute Gasteiger partial charge is 0.494 e. The van der Waals surface area contributed by atoms with E-state index in [-0.39, 0.29) is 5.56 Å². The van der Waals surface area contributed by atoms with Crippen LogP contribution in [0.5, 0.6) is 11.6 Å². The molecule has 0 amide bonds. The van der Waals surface area contributed by atoms with Crippen molar-refractivity contribution in [2.24, 2.45) is 19.1 Å². The molecule has 2 aromatic carbocycles. The summed E-state index contributed by atoms with van der Waals surface area (Å²) in [6, 6.07) is 15.4. The van der Waals surface area contributed by atoms with Crippen molar-refractivity contribution in [3.05, 3.63) is 86.1 Å². The molecule has 0 fully saturated rings. The summed E-state index contributed by atoms with van der Waals surface area (Å²) in [6.45, 7) is 4.46. The summed E-state index contributed by atoms with van der Waals surface area (Å²) in [6.07, 6.45) is 0.907. The van der Waals surface area contributed by atoms with Gasteiger partial charge in [0.15, 0.2) is 0 Å². The van der Waals surface area contributed by atoms with E-state index in [1.165, 1.54) is 31.4 Å². The van der Waals surface area contributed by atoms with Gasteiger partial charge < -0.3 is 9.84 Å². The molecular formula is C24H27N3O4S. The van der Waals surface area contributed by atoms with Crippen molar-refractivity contribution in [3.63, 3.8) is 0 Å². The highest BCUT2D eigenvalue weighted by Crippen LogP contribution is 2.24. The van der Waals surface area contributed by atoms with Crippen molar-refractivity contribution in [2.45, 2.75) is 20.3 Å². The zero-order chi connectivity index (χ0) is 23.3. The van der Waals surface area contributed by atoms with E-state index in [9.17, 15) is 14.7 Å². The molecule has 1 N–H and O–H groups in total. The standard InChI is InChI=1S/C24H27N3O4S/c1-5-17-8-10-18(11-9-17)25-21(20-22(28)26(3)24(30)27(4)23(20)29)32-15-14-31-19-12-6-16(2)7-13-19/h6-13,28H,5,14-15H2,1-4H3. The first-order valence-electron chi connectivity index (χ1n) is 10.3. The minimum atomic E-state index is -0.601. The third kappa shape index (κ3) is 5.31. The Bertz CT molecular complexity index is 1230. The van der Waals surface area contributed by atoms with Crippen LogP contribution in [-0.2, 0) is 20.5 Å². The quantitative estimate of drug-likeness (QED) is 0.336. The Balaban J connectivity index is 1.91. The molecule has 1 heterocycles. The fourth-order valence-electron chi connectivity index (χ4n) is 3.04. The van der Waals surface area contributed by atoms with Crippen LogP contribution in [0.25, 0.3) is 0 Å². The summed E-state index contributed by atoms with van der Waals surface area (Å²) < 4.78 is 7.78. The molecule has 0 radical (unpaired) electrons. The van der Waals surface area contributed by atoms with E-state index >= 15 is 0 Å². The molecule has 32 heavy (non-hydrogen) atoms. The van der Waals surface area contributed by atoms with Crippen molar-refractivity contribution in [1.82, 2.24) is 9.13 Å². The number of benzene rings is 2. The van der Waals surface area contributed by atoms with Gasteiger partial charge in [-0.05, 0) is 43.2 Å². The van der Waals surface area contributed by atoms with Crippen LogP contribution in [0, 0.1) is 6.92 Å². The van der Waals surface area contributed by atoms with Crippen LogP contribution in [0.1, 0.15) is 23.6 Å². The van der Waals surface area contributed by atoms with Gasteiger partial charge in [0.1, 0.15) is 16.4 Å². The van der Waals surface area contributed by atoms with E-state index in [1.54, 1.807) is 0 Å². The SMILES string of the molecule is CCc1ccc(N=C(SCCOc2ccc(C)cc2)c2c(O)n(C)c(=O)n(C)c2=O)cc1. The van der Waals surface area contributed by atoms with Gasteiger partial charge in [-0.15, -0.1) is 11.8 Å². The van der Waals surface area contributed by atoms with Crippen LogP contribution < -0.4 is 16.0 Å². The number of hydrogen-bond donors (Lipinski definition) is 1. The highest BCUT2D eigenvalue weighted by Gasteiger charge is 2.21. The maximum Gasteiger partial charge on any atom is 0.333 e. The second-order valence-electron chi connectivity index (χ2n) is 7.35. The molecule has 0 spiro atoms. The van der Waals surface area contributed by atoms with E-state index in [0.29, 0.717) is 23.1 Å². The Morgan fingerprint density at radius 2 is 1.69 bits per heavy atom.